The first-order valence-corrected chi connectivity index (χ1v) is 11.3. The highest BCUT2D eigenvalue weighted by Crippen LogP contribution is 2.39. The first kappa shape index (κ1) is 28.8. The zero-order valence-corrected chi connectivity index (χ0v) is 21.5. The lowest BCUT2D eigenvalue weighted by Crippen LogP contribution is -2.17. The predicted octanol–water partition coefficient (Wildman–Crippen LogP) is 6.30. The second kappa shape index (κ2) is 12.6. The Kier molecular flexibility index (Phi) is 9.32. The van der Waals surface area contributed by atoms with Crippen LogP contribution in [0.25, 0.3) is 12.2 Å². The lowest BCUT2D eigenvalue weighted by Gasteiger charge is -2.13. The number of methoxy groups -OCH3 is 4. The van der Waals surface area contributed by atoms with Crippen LogP contribution in [0.5, 0.6) is 34.5 Å². The number of allylic oxidation sites excluding steroid dienone is 1. The number of hydrogen-bond donors (Lipinski definition) is 2. The molecule has 0 aliphatic heterocycles. The Balaban J connectivity index is 1.84. The number of anilines is 1. The maximum absolute atomic E-state index is 12.5. The number of phenolic OH excluding ortho intramolecular Hbond substituents is 1. The zero-order valence-electron chi connectivity index (χ0n) is 21.5. The van der Waals surface area contributed by atoms with Crippen LogP contribution in [0.15, 0.2) is 60.8 Å². The van der Waals surface area contributed by atoms with Gasteiger partial charge in [-0.15, -0.1) is 13.2 Å². The van der Waals surface area contributed by atoms with E-state index in [2.05, 4.69) is 10.1 Å². The molecule has 0 aromatic heterocycles. The Morgan fingerprint density at radius 1 is 0.846 bits per heavy atom. The molecule has 0 aliphatic carbocycles. The van der Waals surface area contributed by atoms with Crippen LogP contribution in [0, 0.1) is 0 Å². The first-order chi connectivity index (χ1) is 18.6. The molecule has 2 N–H and O–H groups in total. The number of hydrogen-bond acceptors (Lipinski definition) is 8. The summed E-state index contributed by atoms with van der Waals surface area (Å²) in [4.78, 5) is 12.5. The summed E-state index contributed by atoms with van der Waals surface area (Å²) in [5.74, 6) is 0.580. The van der Waals surface area contributed by atoms with Crippen molar-refractivity contribution in [2.45, 2.75) is 6.36 Å². The zero-order chi connectivity index (χ0) is 28.6. The Morgan fingerprint density at radius 2 is 1.46 bits per heavy atom. The molecule has 3 rings (SSSR count). The molecule has 3 aromatic carbocycles. The number of nitrogens with one attached hydrogen (secondary N) is 1. The van der Waals surface area contributed by atoms with Crippen molar-refractivity contribution in [2.75, 3.05) is 33.8 Å². The SMILES string of the molecule is COc1cc(N/C=C\C(=O)c2ccc(OC(F)(F)F)cc2)c(/C=C\c2cc(OC)c(OC)c(OC)c2)cc1O. The summed E-state index contributed by atoms with van der Waals surface area (Å²) in [7, 11) is 5.92. The summed E-state index contributed by atoms with van der Waals surface area (Å²) in [6.07, 6.45) is 1.24. The average molecular weight is 546 g/mol. The van der Waals surface area contributed by atoms with E-state index < -0.39 is 17.9 Å². The van der Waals surface area contributed by atoms with Gasteiger partial charge in [-0.2, -0.15) is 0 Å². The molecule has 0 spiro atoms. The smallest absolute Gasteiger partial charge is 0.504 e. The molecule has 8 nitrogen and oxygen atoms in total. The van der Waals surface area contributed by atoms with Crippen molar-refractivity contribution < 1.29 is 46.8 Å². The standard InChI is InChI=1S/C28H26F3NO7/c1-35-24-16-21(32-12-11-22(33)18-7-9-20(10-8-18)39-28(29,30)31)19(15-23(24)34)6-5-17-13-25(36-2)27(38-4)26(14-17)37-3/h5-16,32,34H,1-4H3/b6-5-,12-11-. The van der Waals surface area contributed by atoms with Crippen molar-refractivity contribution in [1.82, 2.24) is 0 Å². The molecule has 0 unspecified atom stereocenters. The fourth-order valence-electron chi connectivity index (χ4n) is 3.52. The van der Waals surface area contributed by atoms with E-state index in [0.29, 0.717) is 28.5 Å². The van der Waals surface area contributed by atoms with Crippen LogP contribution >= 0.6 is 0 Å². The molecule has 206 valence electrons. The number of phenols is 1. The topological polar surface area (TPSA) is 95.5 Å². The molecular weight excluding hydrogens is 519 g/mol. The average Bonchev–Trinajstić information content (AvgIpc) is 2.91. The number of aromatic hydroxyl groups is 1. The number of carbonyl (C=O) groups excluding carboxylic acids is 1. The largest absolute Gasteiger partial charge is 0.573 e. The highest BCUT2D eigenvalue weighted by atomic mass is 19.4. The maximum atomic E-state index is 12.5. The van der Waals surface area contributed by atoms with Gasteiger partial charge >= 0.3 is 6.36 Å². The van der Waals surface area contributed by atoms with E-state index in [1.807, 2.05) is 0 Å². The van der Waals surface area contributed by atoms with E-state index >= 15 is 0 Å². The van der Waals surface area contributed by atoms with Gasteiger partial charge in [0.2, 0.25) is 5.75 Å². The fraction of sp³-hybridized carbons (Fsp3) is 0.179. The summed E-state index contributed by atoms with van der Waals surface area (Å²) in [6.45, 7) is 0. The minimum atomic E-state index is -4.82. The third kappa shape index (κ3) is 7.60. The van der Waals surface area contributed by atoms with Crippen LogP contribution in [-0.2, 0) is 0 Å². The Labute approximate surface area is 222 Å². The second-order valence-corrected chi connectivity index (χ2v) is 7.82. The molecule has 0 amide bonds. The Morgan fingerprint density at radius 3 is 2.00 bits per heavy atom. The van der Waals surface area contributed by atoms with Gasteiger partial charge in [0.1, 0.15) is 5.75 Å². The van der Waals surface area contributed by atoms with Crippen LogP contribution < -0.4 is 29.0 Å². The maximum Gasteiger partial charge on any atom is 0.573 e. The van der Waals surface area contributed by atoms with Gasteiger partial charge in [-0.1, -0.05) is 12.2 Å². The molecule has 0 bridgehead atoms. The van der Waals surface area contributed by atoms with Crippen LogP contribution in [-0.4, -0.2) is 45.7 Å². The van der Waals surface area contributed by atoms with Crippen molar-refractivity contribution in [3.63, 3.8) is 0 Å². The third-order valence-electron chi connectivity index (χ3n) is 5.34. The molecular formula is C28H26F3NO7. The van der Waals surface area contributed by atoms with Crippen molar-refractivity contribution in [1.29, 1.82) is 0 Å². The predicted molar refractivity (Wildman–Crippen MR) is 140 cm³/mol. The number of ether oxygens (including phenoxy) is 5. The van der Waals surface area contributed by atoms with E-state index in [9.17, 15) is 23.1 Å². The van der Waals surface area contributed by atoms with Gasteiger partial charge in [-0.05, 0) is 48.0 Å². The van der Waals surface area contributed by atoms with Crippen molar-refractivity contribution in [3.05, 3.63) is 77.5 Å². The molecule has 39 heavy (non-hydrogen) atoms. The van der Waals surface area contributed by atoms with Crippen LogP contribution in [0.1, 0.15) is 21.5 Å². The van der Waals surface area contributed by atoms with Gasteiger partial charge in [0.05, 0.1) is 28.4 Å². The lowest BCUT2D eigenvalue weighted by atomic mass is 10.1. The molecule has 0 saturated carbocycles. The third-order valence-corrected chi connectivity index (χ3v) is 5.34. The molecule has 0 atom stereocenters. The second-order valence-electron chi connectivity index (χ2n) is 7.82. The first-order valence-electron chi connectivity index (χ1n) is 11.3. The summed E-state index contributed by atoms with van der Waals surface area (Å²) >= 11 is 0. The number of rotatable bonds is 11. The van der Waals surface area contributed by atoms with Crippen molar-refractivity contribution in [2.24, 2.45) is 0 Å². The summed E-state index contributed by atoms with van der Waals surface area (Å²) in [5, 5.41) is 13.3. The number of alkyl halides is 3. The van der Waals surface area contributed by atoms with Crippen LogP contribution in [0.3, 0.4) is 0 Å². The molecule has 0 fully saturated rings. The van der Waals surface area contributed by atoms with Gasteiger partial charge < -0.3 is 34.1 Å². The van der Waals surface area contributed by atoms with Gasteiger partial charge in [0.25, 0.3) is 0 Å². The molecule has 0 heterocycles. The minimum Gasteiger partial charge on any atom is -0.504 e. The van der Waals surface area contributed by atoms with Gasteiger partial charge in [-0.25, -0.2) is 0 Å². The summed E-state index contributed by atoms with van der Waals surface area (Å²) in [5.41, 5.74) is 1.92. The quantitative estimate of drug-likeness (QED) is 0.125. The van der Waals surface area contributed by atoms with Gasteiger partial charge in [-0.3, -0.25) is 4.79 Å². The minimum absolute atomic E-state index is 0.103. The van der Waals surface area contributed by atoms with E-state index in [4.69, 9.17) is 18.9 Å². The Hall–Kier alpha value is -4.80. The molecule has 0 radical (unpaired) electrons. The number of benzene rings is 3. The van der Waals surface area contributed by atoms with E-state index in [1.54, 1.807) is 30.4 Å². The van der Waals surface area contributed by atoms with Crippen molar-refractivity contribution >= 4 is 23.6 Å². The van der Waals surface area contributed by atoms with Gasteiger partial charge in [0.15, 0.2) is 28.8 Å². The normalized spacial score (nSPS) is 11.5. The molecule has 11 heteroatoms. The van der Waals surface area contributed by atoms with Crippen LogP contribution in [0.4, 0.5) is 18.9 Å². The monoisotopic (exact) mass is 545 g/mol. The lowest BCUT2D eigenvalue weighted by molar-refractivity contribution is -0.274. The van der Waals surface area contributed by atoms with Crippen LogP contribution in [0.2, 0.25) is 0 Å². The summed E-state index contributed by atoms with van der Waals surface area (Å²) < 4.78 is 62.1. The number of halogens is 3. The highest BCUT2D eigenvalue weighted by molar-refractivity contribution is 6.04. The van der Waals surface area contributed by atoms with E-state index in [1.165, 1.54) is 58.9 Å². The fourth-order valence-corrected chi connectivity index (χ4v) is 3.52. The Bertz CT molecular complexity index is 1340. The number of ketones is 1. The highest BCUT2D eigenvalue weighted by Gasteiger charge is 2.31. The molecule has 3 aromatic rings. The van der Waals surface area contributed by atoms with E-state index in [0.717, 1.165) is 17.7 Å². The molecule has 0 saturated heterocycles. The number of carbonyl (C=O) groups is 1. The summed E-state index contributed by atoms with van der Waals surface area (Å²) in [6, 6.07) is 11.1. The van der Waals surface area contributed by atoms with Gasteiger partial charge in [0, 0.05) is 35.2 Å². The van der Waals surface area contributed by atoms with Crippen molar-refractivity contribution in [3.8, 4) is 34.5 Å². The van der Waals surface area contributed by atoms with E-state index in [-0.39, 0.29) is 17.1 Å². The molecule has 0 aliphatic rings.